The van der Waals surface area contributed by atoms with E-state index in [4.69, 9.17) is 11.6 Å². The second-order valence-electron chi connectivity index (χ2n) is 3.74. The van der Waals surface area contributed by atoms with Crippen LogP contribution in [-0.4, -0.2) is 14.9 Å². The van der Waals surface area contributed by atoms with Gasteiger partial charge in [0.25, 0.3) is 0 Å². The summed E-state index contributed by atoms with van der Waals surface area (Å²) < 4.78 is 1.77. The molecule has 0 saturated carbocycles. The molecule has 4 heteroatoms. The van der Waals surface area contributed by atoms with Gasteiger partial charge in [-0.05, 0) is 26.0 Å². The number of hydrogen-bond donors (Lipinski definition) is 1. The molecule has 16 heavy (non-hydrogen) atoms. The number of aromatic nitrogens is 2. The zero-order chi connectivity index (χ0) is 11.7. The van der Waals surface area contributed by atoms with E-state index in [0.29, 0.717) is 5.02 Å². The highest BCUT2D eigenvalue weighted by Gasteiger charge is 2.11. The summed E-state index contributed by atoms with van der Waals surface area (Å²) in [5, 5.41) is 14.3. The van der Waals surface area contributed by atoms with Crippen molar-refractivity contribution in [2.45, 2.75) is 20.5 Å². The van der Waals surface area contributed by atoms with Gasteiger partial charge in [-0.3, -0.25) is 0 Å². The van der Waals surface area contributed by atoms with Crippen LogP contribution in [0.1, 0.15) is 17.0 Å². The van der Waals surface area contributed by atoms with Gasteiger partial charge in [0.2, 0.25) is 0 Å². The molecule has 0 unspecified atom stereocenters. The molecule has 0 fully saturated rings. The highest BCUT2D eigenvalue weighted by molar-refractivity contribution is 6.32. The van der Waals surface area contributed by atoms with Crippen molar-refractivity contribution in [1.29, 1.82) is 0 Å². The zero-order valence-electron chi connectivity index (χ0n) is 9.24. The molecule has 1 aromatic carbocycles. The van der Waals surface area contributed by atoms with Crippen molar-refractivity contribution in [1.82, 2.24) is 9.78 Å². The molecule has 3 nitrogen and oxygen atoms in total. The molecule has 84 valence electrons. The maximum atomic E-state index is 9.30. The highest BCUT2D eigenvalue weighted by atomic mass is 35.5. The molecule has 0 saturated heterocycles. The van der Waals surface area contributed by atoms with Gasteiger partial charge in [0.15, 0.2) is 0 Å². The van der Waals surface area contributed by atoms with E-state index in [2.05, 4.69) is 5.10 Å². The molecule has 0 bridgehead atoms. The number of nitrogens with zero attached hydrogens (tertiary/aromatic N) is 2. The Labute approximate surface area is 99.3 Å². The van der Waals surface area contributed by atoms with E-state index in [1.165, 1.54) is 0 Å². The Bertz CT molecular complexity index is 520. The first-order valence-corrected chi connectivity index (χ1v) is 5.43. The van der Waals surface area contributed by atoms with Crippen LogP contribution < -0.4 is 0 Å². The van der Waals surface area contributed by atoms with Gasteiger partial charge in [-0.15, -0.1) is 0 Å². The smallest absolute Gasteiger partial charge is 0.0890 e. The number of aryl methyl sites for hydroxylation is 2. The lowest BCUT2D eigenvalue weighted by atomic mass is 10.2. The SMILES string of the molecule is Cc1cc(C)n(-c2c(Cl)cccc2CO)n1. The lowest BCUT2D eigenvalue weighted by Gasteiger charge is -2.11. The van der Waals surface area contributed by atoms with E-state index in [0.717, 1.165) is 22.6 Å². The van der Waals surface area contributed by atoms with E-state index in [-0.39, 0.29) is 6.61 Å². The van der Waals surface area contributed by atoms with Crippen LogP contribution in [0.3, 0.4) is 0 Å². The molecule has 0 atom stereocenters. The Hall–Kier alpha value is -1.32. The second-order valence-corrected chi connectivity index (χ2v) is 4.15. The quantitative estimate of drug-likeness (QED) is 0.871. The second kappa shape index (κ2) is 4.28. The van der Waals surface area contributed by atoms with Gasteiger partial charge in [-0.25, -0.2) is 4.68 Å². The number of aliphatic hydroxyl groups is 1. The molecule has 0 spiro atoms. The first kappa shape index (κ1) is 11.2. The first-order valence-electron chi connectivity index (χ1n) is 5.05. The fraction of sp³-hybridized carbons (Fsp3) is 0.250. The molecule has 1 N–H and O–H groups in total. The largest absolute Gasteiger partial charge is 0.392 e. The summed E-state index contributed by atoms with van der Waals surface area (Å²) in [5.41, 5.74) is 3.47. The number of aliphatic hydroxyl groups excluding tert-OH is 1. The monoisotopic (exact) mass is 236 g/mol. The number of rotatable bonds is 2. The minimum atomic E-state index is -0.0474. The molecular weight excluding hydrogens is 224 g/mol. The first-order chi connectivity index (χ1) is 7.63. The van der Waals surface area contributed by atoms with Crippen LogP contribution in [0.2, 0.25) is 5.02 Å². The fourth-order valence-corrected chi connectivity index (χ4v) is 2.05. The molecule has 1 heterocycles. The van der Waals surface area contributed by atoms with Crippen LogP contribution in [-0.2, 0) is 6.61 Å². The van der Waals surface area contributed by atoms with Crippen molar-refractivity contribution in [3.8, 4) is 5.69 Å². The minimum Gasteiger partial charge on any atom is -0.392 e. The Balaban J connectivity index is 2.67. The molecule has 0 aliphatic heterocycles. The Morgan fingerprint density at radius 2 is 2.12 bits per heavy atom. The molecule has 0 amide bonds. The van der Waals surface area contributed by atoms with Gasteiger partial charge in [0, 0.05) is 11.3 Å². The number of hydrogen-bond acceptors (Lipinski definition) is 2. The number of halogens is 1. The molecule has 0 aliphatic rings. The summed E-state index contributed by atoms with van der Waals surface area (Å²) in [6.45, 7) is 3.84. The normalized spacial score (nSPS) is 10.8. The highest BCUT2D eigenvalue weighted by Crippen LogP contribution is 2.25. The average molecular weight is 237 g/mol. The molecule has 2 rings (SSSR count). The molecule has 2 aromatic rings. The van der Waals surface area contributed by atoms with E-state index < -0.39 is 0 Å². The van der Waals surface area contributed by atoms with E-state index in [1.807, 2.05) is 32.0 Å². The Morgan fingerprint density at radius 1 is 1.38 bits per heavy atom. The van der Waals surface area contributed by atoms with E-state index in [9.17, 15) is 5.11 Å². The van der Waals surface area contributed by atoms with Crippen molar-refractivity contribution < 1.29 is 5.11 Å². The van der Waals surface area contributed by atoms with Gasteiger partial charge in [-0.1, -0.05) is 23.7 Å². The van der Waals surface area contributed by atoms with Crippen LogP contribution in [0.4, 0.5) is 0 Å². The van der Waals surface area contributed by atoms with Crippen molar-refractivity contribution >= 4 is 11.6 Å². The van der Waals surface area contributed by atoms with Crippen LogP contribution >= 0.6 is 11.6 Å². The summed E-state index contributed by atoms with van der Waals surface area (Å²) in [5.74, 6) is 0. The summed E-state index contributed by atoms with van der Waals surface area (Å²) in [6, 6.07) is 7.44. The zero-order valence-corrected chi connectivity index (χ0v) is 9.99. The van der Waals surface area contributed by atoms with Crippen molar-refractivity contribution in [2.24, 2.45) is 0 Å². The van der Waals surface area contributed by atoms with Crippen molar-refractivity contribution in [2.75, 3.05) is 0 Å². The maximum Gasteiger partial charge on any atom is 0.0890 e. The number of benzene rings is 1. The fourth-order valence-electron chi connectivity index (χ4n) is 1.78. The predicted octanol–water partition coefficient (Wildman–Crippen LogP) is 2.63. The van der Waals surface area contributed by atoms with Crippen molar-refractivity contribution in [3.05, 3.63) is 46.2 Å². The average Bonchev–Trinajstić information content (AvgIpc) is 2.57. The summed E-state index contributed by atoms with van der Waals surface area (Å²) in [4.78, 5) is 0. The molecule has 1 aromatic heterocycles. The molecular formula is C12H13ClN2O. The van der Waals surface area contributed by atoms with Crippen LogP contribution in [0, 0.1) is 13.8 Å². The summed E-state index contributed by atoms with van der Waals surface area (Å²) in [7, 11) is 0. The van der Waals surface area contributed by atoms with E-state index in [1.54, 1.807) is 10.7 Å². The van der Waals surface area contributed by atoms with Crippen LogP contribution in [0.5, 0.6) is 0 Å². The van der Waals surface area contributed by atoms with Gasteiger partial charge < -0.3 is 5.11 Å². The van der Waals surface area contributed by atoms with Crippen molar-refractivity contribution in [3.63, 3.8) is 0 Å². The lowest BCUT2D eigenvalue weighted by molar-refractivity contribution is 0.281. The third kappa shape index (κ3) is 1.84. The predicted molar refractivity (Wildman–Crippen MR) is 64.0 cm³/mol. The maximum absolute atomic E-state index is 9.30. The Kier molecular flexibility index (Phi) is 2.99. The minimum absolute atomic E-state index is 0.0474. The van der Waals surface area contributed by atoms with Gasteiger partial charge >= 0.3 is 0 Å². The third-order valence-electron chi connectivity index (χ3n) is 2.46. The summed E-state index contributed by atoms with van der Waals surface area (Å²) in [6.07, 6.45) is 0. The van der Waals surface area contributed by atoms with Gasteiger partial charge in [0.1, 0.15) is 0 Å². The van der Waals surface area contributed by atoms with Crippen LogP contribution in [0.25, 0.3) is 5.69 Å². The lowest BCUT2D eigenvalue weighted by Crippen LogP contribution is -2.04. The standard InChI is InChI=1S/C12H13ClN2O/c1-8-6-9(2)15(14-8)12-10(7-16)4-3-5-11(12)13/h3-6,16H,7H2,1-2H3. The van der Waals surface area contributed by atoms with Gasteiger partial charge in [0.05, 0.1) is 23.0 Å². The third-order valence-corrected chi connectivity index (χ3v) is 2.77. The van der Waals surface area contributed by atoms with E-state index >= 15 is 0 Å². The van der Waals surface area contributed by atoms with Gasteiger partial charge in [-0.2, -0.15) is 5.10 Å². The summed E-state index contributed by atoms with van der Waals surface area (Å²) >= 11 is 6.15. The van der Waals surface area contributed by atoms with Crippen LogP contribution in [0.15, 0.2) is 24.3 Å². The topological polar surface area (TPSA) is 38.0 Å². The number of para-hydroxylation sites is 1. The molecule has 0 aliphatic carbocycles. The molecule has 0 radical (unpaired) electrons. The Morgan fingerprint density at radius 3 is 2.69 bits per heavy atom.